The first-order chi connectivity index (χ1) is 6.83. The maximum absolute atomic E-state index is 5.06. The predicted molar refractivity (Wildman–Crippen MR) is 64.3 cm³/mol. The van der Waals surface area contributed by atoms with Gasteiger partial charge < -0.3 is 9.30 Å². The number of rotatable bonds is 3. The fourth-order valence-corrected chi connectivity index (χ4v) is 2.26. The van der Waals surface area contributed by atoms with Crippen LogP contribution in [0, 0.1) is 3.57 Å². The molecule has 0 unspecified atom stereocenters. The largest absolute Gasteiger partial charge is 0.383 e. The van der Waals surface area contributed by atoms with Gasteiger partial charge in [-0.25, -0.2) is 0 Å². The Kier molecular flexibility index (Phi) is 3.02. The van der Waals surface area contributed by atoms with Crippen molar-refractivity contribution in [2.45, 2.75) is 6.54 Å². The van der Waals surface area contributed by atoms with Gasteiger partial charge in [-0.05, 0) is 28.7 Å². The molecule has 0 N–H and O–H groups in total. The lowest BCUT2D eigenvalue weighted by molar-refractivity contribution is 0.188. The maximum atomic E-state index is 5.06. The van der Waals surface area contributed by atoms with E-state index in [1.807, 2.05) is 18.5 Å². The van der Waals surface area contributed by atoms with Gasteiger partial charge in [-0.1, -0.05) is 0 Å². The van der Waals surface area contributed by atoms with Crippen LogP contribution in [0.25, 0.3) is 10.9 Å². The molecule has 4 heteroatoms. The normalized spacial score (nSPS) is 11.0. The highest BCUT2D eigenvalue weighted by molar-refractivity contribution is 14.1. The van der Waals surface area contributed by atoms with Gasteiger partial charge in [-0.3, -0.25) is 4.98 Å². The summed E-state index contributed by atoms with van der Waals surface area (Å²) in [6.45, 7) is 1.61. The topological polar surface area (TPSA) is 27.1 Å². The highest BCUT2D eigenvalue weighted by Crippen LogP contribution is 2.21. The molecule has 0 amide bonds. The number of hydrogen-bond donors (Lipinski definition) is 0. The van der Waals surface area contributed by atoms with E-state index in [0.717, 1.165) is 13.2 Å². The summed E-state index contributed by atoms with van der Waals surface area (Å²) in [7, 11) is 1.72. The number of nitrogens with zero attached hydrogens (tertiary/aromatic N) is 2. The maximum Gasteiger partial charge on any atom is 0.0678 e. The quantitative estimate of drug-likeness (QED) is 0.813. The highest BCUT2D eigenvalue weighted by atomic mass is 127. The first-order valence-corrected chi connectivity index (χ1v) is 5.48. The van der Waals surface area contributed by atoms with E-state index < -0.39 is 0 Å². The summed E-state index contributed by atoms with van der Waals surface area (Å²) in [5.74, 6) is 0. The van der Waals surface area contributed by atoms with Crippen LogP contribution >= 0.6 is 22.6 Å². The average molecular weight is 302 g/mol. The first-order valence-electron chi connectivity index (χ1n) is 4.40. The Bertz CT molecular complexity index is 439. The van der Waals surface area contributed by atoms with Crippen molar-refractivity contribution in [3.05, 3.63) is 28.2 Å². The van der Waals surface area contributed by atoms with Gasteiger partial charge in [-0.2, -0.15) is 0 Å². The fourth-order valence-electron chi connectivity index (χ4n) is 1.47. The third-order valence-corrected chi connectivity index (χ3v) is 3.03. The zero-order valence-electron chi connectivity index (χ0n) is 7.90. The van der Waals surface area contributed by atoms with E-state index >= 15 is 0 Å². The van der Waals surface area contributed by atoms with Crippen LogP contribution in [0.5, 0.6) is 0 Å². The zero-order valence-corrected chi connectivity index (χ0v) is 10.1. The number of ether oxygens (including phenoxy) is 1. The van der Waals surface area contributed by atoms with Crippen LogP contribution < -0.4 is 0 Å². The molecule has 0 aromatic carbocycles. The van der Waals surface area contributed by atoms with Crippen molar-refractivity contribution < 1.29 is 4.74 Å². The van der Waals surface area contributed by atoms with E-state index in [9.17, 15) is 0 Å². The molecule has 0 fully saturated rings. The summed E-state index contributed by atoms with van der Waals surface area (Å²) in [6, 6.07) is 2.04. The van der Waals surface area contributed by atoms with Crippen LogP contribution in [0.2, 0.25) is 0 Å². The number of aromatic nitrogens is 2. The van der Waals surface area contributed by atoms with E-state index in [-0.39, 0.29) is 0 Å². The number of fused-ring (bicyclic) bond motifs is 1. The SMILES string of the molecule is COCCn1cc(I)c2ccncc21. The lowest BCUT2D eigenvalue weighted by Crippen LogP contribution is -2.02. The number of methoxy groups -OCH3 is 1. The monoisotopic (exact) mass is 302 g/mol. The van der Waals surface area contributed by atoms with Crippen molar-refractivity contribution in [3.63, 3.8) is 0 Å². The Balaban J connectivity index is 2.44. The molecule has 0 aliphatic heterocycles. The molecule has 0 aliphatic rings. The minimum Gasteiger partial charge on any atom is -0.383 e. The van der Waals surface area contributed by atoms with Gasteiger partial charge in [0, 0.05) is 35.0 Å². The lowest BCUT2D eigenvalue weighted by atomic mass is 10.3. The molecule has 0 atom stereocenters. The molecule has 0 bridgehead atoms. The Hall–Kier alpha value is -0.620. The molecule has 2 heterocycles. The molecule has 14 heavy (non-hydrogen) atoms. The molecule has 0 spiro atoms. The summed E-state index contributed by atoms with van der Waals surface area (Å²) in [6.07, 6.45) is 5.85. The van der Waals surface area contributed by atoms with Crippen LogP contribution in [-0.2, 0) is 11.3 Å². The third kappa shape index (κ3) is 1.76. The molecular formula is C10H11IN2O. The summed E-state index contributed by atoms with van der Waals surface area (Å²) in [4.78, 5) is 4.13. The molecule has 2 aromatic heterocycles. The van der Waals surface area contributed by atoms with E-state index in [2.05, 4.69) is 38.3 Å². The minimum absolute atomic E-state index is 0.731. The molecule has 0 saturated carbocycles. The summed E-state index contributed by atoms with van der Waals surface area (Å²) >= 11 is 2.34. The van der Waals surface area contributed by atoms with E-state index in [1.54, 1.807) is 7.11 Å². The second-order valence-corrected chi connectivity index (χ2v) is 4.22. The molecule has 2 rings (SSSR count). The number of hydrogen-bond acceptors (Lipinski definition) is 2. The minimum atomic E-state index is 0.731. The van der Waals surface area contributed by atoms with Crippen LogP contribution in [-0.4, -0.2) is 23.3 Å². The molecule has 3 nitrogen and oxygen atoms in total. The Morgan fingerprint density at radius 1 is 1.57 bits per heavy atom. The van der Waals surface area contributed by atoms with Gasteiger partial charge in [0.2, 0.25) is 0 Å². The summed E-state index contributed by atoms with van der Waals surface area (Å²) in [5.41, 5.74) is 1.17. The highest BCUT2D eigenvalue weighted by Gasteiger charge is 2.04. The van der Waals surface area contributed by atoms with Crippen LogP contribution in [0.3, 0.4) is 0 Å². The van der Waals surface area contributed by atoms with Crippen molar-refractivity contribution in [1.29, 1.82) is 0 Å². The molecule has 0 saturated heterocycles. The lowest BCUT2D eigenvalue weighted by Gasteiger charge is -2.02. The Labute approximate surface area is 96.2 Å². The predicted octanol–water partition coefficient (Wildman–Crippen LogP) is 2.29. The molecule has 0 radical (unpaired) electrons. The summed E-state index contributed by atoms with van der Waals surface area (Å²) in [5, 5.41) is 1.26. The molecule has 0 aliphatic carbocycles. The first kappa shape index (κ1) is 9.92. The van der Waals surface area contributed by atoms with Crippen LogP contribution in [0.15, 0.2) is 24.7 Å². The second kappa shape index (κ2) is 4.27. The standard InChI is InChI=1S/C10H11IN2O/c1-14-5-4-13-7-9(11)8-2-3-12-6-10(8)13/h2-3,6-7H,4-5H2,1H3. The molecule has 74 valence electrons. The van der Waals surface area contributed by atoms with Gasteiger partial charge in [0.25, 0.3) is 0 Å². The Morgan fingerprint density at radius 2 is 2.43 bits per heavy atom. The number of halogens is 1. The van der Waals surface area contributed by atoms with Gasteiger partial charge in [-0.15, -0.1) is 0 Å². The third-order valence-electron chi connectivity index (χ3n) is 2.17. The van der Waals surface area contributed by atoms with Gasteiger partial charge in [0.15, 0.2) is 0 Å². The van der Waals surface area contributed by atoms with Gasteiger partial charge >= 0.3 is 0 Å². The Morgan fingerprint density at radius 3 is 3.21 bits per heavy atom. The molecular weight excluding hydrogens is 291 g/mol. The van der Waals surface area contributed by atoms with Crippen LogP contribution in [0.1, 0.15) is 0 Å². The van der Waals surface area contributed by atoms with Crippen molar-refractivity contribution in [2.24, 2.45) is 0 Å². The van der Waals surface area contributed by atoms with Crippen molar-refractivity contribution >= 4 is 33.5 Å². The van der Waals surface area contributed by atoms with E-state index in [1.165, 1.54) is 14.5 Å². The van der Waals surface area contributed by atoms with Gasteiger partial charge in [0.1, 0.15) is 0 Å². The van der Waals surface area contributed by atoms with Gasteiger partial charge in [0.05, 0.1) is 18.3 Å². The second-order valence-electron chi connectivity index (χ2n) is 3.06. The fraction of sp³-hybridized carbons (Fsp3) is 0.300. The zero-order chi connectivity index (χ0) is 9.97. The van der Waals surface area contributed by atoms with E-state index in [4.69, 9.17) is 4.74 Å². The molecule has 2 aromatic rings. The number of pyridine rings is 1. The summed E-state index contributed by atoms with van der Waals surface area (Å²) < 4.78 is 8.49. The average Bonchev–Trinajstić information content (AvgIpc) is 2.54. The van der Waals surface area contributed by atoms with Crippen molar-refractivity contribution in [1.82, 2.24) is 9.55 Å². The van der Waals surface area contributed by atoms with Crippen LogP contribution in [0.4, 0.5) is 0 Å². The smallest absolute Gasteiger partial charge is 0.0678 e. The van der Waals surface area contributed by atoms with Crippen molar-refractivity contribution in [3.8, 4) is 0 Å². The van der Waals surface area contributed by atoms with Crippen molar-refractivity contribution in [2.75, 3.05) is 13.7 Å². The van der Waals surface area contributed by atoms with E-state index in [0.29, 0.717) is 0 Å².